The van der Waals surface area contributed by atoms with Gasteiger partial charge in [-0.2, -0.15) is 0 Å². The predicted octanol–water partition coefficient (Wildman–Crippen LogP) is 2.14. The number of rotatable bonds is 4. The molecule has 0 saturated heterocycles. The van der Waals surface area contributed by atoms with Gasteiger partial charge >= 0.3 is 5.97 Å². The van der Waals surface area contributed by atoms with Crippen molar-refractivity contribution in [3.63, 3.8) is 0 Å². The molecule has 3 N–H and O–H groups in total. The molecule has 1 aromatic carbocycles. The molecule has 5 heteroatoms. The van der Waals surface area contributed by atoms with E-state index in [1.807, 2.05) is 12.1 Å². The van der Waals surface area contributed by atoms with Gasteiger partial charge in [-0.25, -0.2) is 4.79 Å². The number of nitrogens with one attached hydrogen (secondary N) is 1. The lowest BCUT2D eigenvalue weighted by molar-refractivity contribution is -0.148. The average Bonchev–Trinajstić information content (AvgIpc) is 2.80. The Balaban J connectivity index is 2.18. The van der Waals surface area contributed by atoms with E-state index in [2.05, 4.69) is 5.32 Å². The summed E-state index contributed by atoms with van der Waals surface area (Å²) >= 11 is 0. The molecule has 0 bridgehead atoms. The minimum absolute atomic E-state index is 0.240. The maximum absolute atomic E-state index is 12.5. The van der Waals surface area contributed by atoms with Crippen LogP contribution in [0.4, 0.5) is 0 Å². The number of hydrogen-bond acceptors (Lipinski definition) is 4. The molecule has 1 fully saturated rings. The molecule has 0 aliphatic heterocycles. The monoisotopic (exact) mass is 304 g/mol. The van der Waals surface area contributed by atoms with Crippen LogP contribution in [0, 0.1) is 0 Å². The number of hydrogen-bond donors (Lipinski definition) is 2. The first-order valence-electron chi connectivity index (χ1n) is 7.81. The average molecular weight is 304 g/mol. The molecule has 1 aromatic rings. The van der Waals surface area contributed by atoms with Crippen LogP contribution in [0.1, 0.15) is 54.4 Å². The van der Waals surface area contributed by atoms with Crippen LogP contribution in [0.2, 0.25) is 0 Å². The van der Waals surface area contributed by atoms with Gasteiger partial charge in [0.05, 0.1) is 7.11 Å². The van der Waals surface area contributed by atoms with E-state index in [-0.39, 0.29) is 11.9 Å². The molecular formula is C17H24N2O3. The number of benzene rings is 1. The second-order valence-electron chi connectivity index (χ2n) is 5.84. The Bertz CT molecular complexity index is 517. The highest BCUT2D eigenvalue weighted by atomic mass is 16.5. The summed E-state index contributed by atoms with van der Waals surface area (Å²) in [5.74, 6) is -0.586. The molecule has 0 aromatic heterocycles. The zero-order chi connectivity index (χ0) is 16.0. The first kappa shape index (κ1) is 16.5. The summed E-state index contributed by atoms with van der Waals surface area (Å²) in [5.41, 5.74) is 6.16. The summed E-state index contributed by atoms with van der Waals surface area (Å²) in [6.45, 7) is 0.438. The molecule has 0 unspecified atom stereocenters. The van der Waals surface area contributed by atoms with E-state index in [0.29, 0.717) is 24.9 Å². The van der Waals surface area contributed by atoms with Crippen LogP contribution in [0.25, 0.3) is 0 Å². The molecule has 5 nitrogen and oxygen atoms in total. The normalized spacial score (nSPS) is 17.4. The number of ether oxygens (including phenoxy) is 1. The topological polar surface area (TPSA) is 81.4 Å². The van der Waals surface area contributed by atoms with Crippen molar-refractivity contribution in [3.8, 4) is 0 Å². The lowest BCUT2D eigenvalue weighted by Gasteiger charge is -2.30. The quantitative estimate of drug-likeness (QED) is 0.659. The zero-order valence-corrected chi connectivity index (χ0v) is 13.1. The Hall–Kier alpha value is -1.88. The molecule has 1 saturated carbocycles. The van der Waals surface area contributed by atoms with E-state index in [1.165, 1.54) is 7.11 Å². The third-order valence-corrected chi connectivity index (χ3v) is 4.34. The number of nitrogens with two attached hydrogens (primary N) is 1. The van der Waals surface area contributed by atoms with Gasteiger partial charge in [0.1, 0.15) is 5.54 Å². The van der Waals surface area contributed by atoms with Gasteiger partial charge in [0.25, 0.3) is 5.91 Å². The zero-order valence-electron chi connectivity index (χ0n) is 13.1. The van der Waals surface area contributed by atoms with Gasteiger partial charge in [0, 0.05) is 12.1 Å². The molecule has 120 valence electrons. The van der Waals surface area contributed by atoms with Gasteiger partial charge in [-0.3, -0.25) is 4.79 Å². The standard InChI is InChI=1S/C17H24N2O3/c1-22-16(21)17(10-4-2-3-5-11-17)19-15(20)14-8-6-13(12-18)7-9-14/h6-9H,2-5,10-12,18H2,1H3,(H,19,20). The minimum atomic E-state index is -0.894. The molecular weight excluding hydrogens is 280 g/mol. The molecule has 1 aliphatic carbocycles. The fourth-order valence-corrected chi connectivity index (χ4v) is 2.99. The van der Waals surface area contributed by atoms with E-state index in [9.17, 15) is 9.59 Å². The van der Waals surface area contributed by atoms with E-state index in [0.717, 1.165) is 31.2 Å². The second-order valence-corrected chi connectivity index (χ2v) is 5.84. The first-order valence-corrected chi connectivity index (χ1v) is 7.81. The van der Waals surface area contributed by atoms with Crippen molar-refractivity contribution in [1.82, 2.24) is 5.32 Å². The van der Waals surface area contributed by atoms with Gasteiger partial charge < -0.3 is 15.8 Å². The van der Waals surface area contributed by atoms with E-state index in [4.69, 9.17) is 10.5 Å². The van der Waals surface area contributed by atoms with Crippen LogP contribution in [0.3, 0.4) is 0 Å². The predicted molar refractivity (Wildman–Crippen MR) is 84.2 cm³/mol. The highest BCUT2D eigenvalue weighted by Gasteiger charge is 2.41. The van der Waals surface area contributed by atoms with Gasteiger partial charge in [-0.05, 0) is 30.5 Å². The van der Waals surface area contributed by atoms with Gasteiger partial charge in [0.2, 0.25) is 0 Å². The Morgan fingerprint density at radius 1 is 1.14 bits per heavy atom. The maximum atomic E-state index is 12.5. The van der Waals surface area contributed by atoms with Crippen LogP contribution >= 0.6 is 0 Å². The van der Waals surface area contributed by atoms with Gasteiger partial charge in [0.15, 0.2) is 0 Å². The third-order valence-electron chi connectivity index (χ3n) is 4.34. The number of esters is 1. The molecule has 22 heavy (non-hydrogen) atoms. The van der Waals surface area contributed by atoms with E-state index >= 15 is 0 Å². The van der Waals surface area contributed by atoms with Crippen molar-refractivity contribution < 1.29 is 14.3 Å². The van der Waals surface area contributed by atoms with Crippen LogP contribution < -0.4 is 11.1 Å². The second kappa shape index (κ2) is 7.40. The van der Waals surface area contributed by atoms with Crippen molar-refractivity contribution >= 4 is 11.9 Å². The smallest absolute Gasteiger partial charge is 0.331 e. The molecule has 0 heterocycles. The molecule has 0 atom stereocenters. The van der Waals surface area contributed by atoms with E-state index in [1.54, 1.807) is 12.1 Å². The summed E-state index contributed by atoms with van der Waals surface area (Å²) in [5, 5.41) is 2.93. The van der Waals surface area contributed by atoms with Crippen LogP contribution in [0.5, 0.6) is 0 Å². The summed E-state index contributed by atoms with van der Waals surface area (Å²) in [6, 6.07) is 7.12. The summed E-state index contributed by atoms with van der Waals surface area (Å²) < 4.78 is 4.95. The summed E-state index contributed by atoms with van der Waals surface area (Å²) in [6.07, 6.45) is 5.27. The highest BCUT2D eigenvalue weighted by molar-refractivity contribution is 5.98. The third kappa shape index (κ3) is 3.65. The Kier molecular flexibility index (Phi) is 5.55. The number of amides is 1. The Labute approximate surface area is 131 Å². The van der Waals surface area contributed by atoms with Crippen LogP contribution in [0.15, 0.2) is 24.3 Å². The first-order chi connectivity index (χ1) is 10.6. The lowest BCUT2D eigenvalue weighted by atomic mass is 9.89. The fraction of sp³-hybridized carbons (Fsp3) is 0.529. The fourth-order valence-electron chi connectivity index (χ4n) is 2.99. The SMILES string of the molecule is COC(=O)C1(NC(=O)c2ccc(CN)cc2)CCCCCC1. The Morgan fingerprint density at radius 2 is 1.73 bits per heavy atom. The lowest BCUT2D eigenvalue weighted by Crippen LogP contribution is -2.54. The molecule has 0 spiro atoms. The van der Waals surface area contributed by atoms with Crippen molar-refractivity contribution in [3.05, 3.63) is 35.4 Å². The number of carbonyl (C=O) groups is 2. The van der Waals surface area contributed by atoms with Crippen molar-refractivity contribution in [1.29, 1.82) is 0 Å². The van der Waals surface area contributed by atoms with Gasteiger partial charge in [-0.1, -0.05) is 37.8 Å². The molecule has 2 rings (SSSR count). The minimum Gasteiger partial charge on any atom is -0.467 e. The molecule has 1 aliphatic rings. The Morgan fingerprint density at radius 3 is 2.23 bits per heavy atom. The van der Waals surface area contributed by atoms with Crippen LogP contribution in [-0.4, -0.2) is 24.5 Å². The highest BCUT2D eigenvalue weighted by Crippen LogP contribution is 2.28. The number of carbonyl (C=O) groups excluding carboxylic acids is 2. The van der Waals surface area contributed by atoms with Crippen molar-refractivity contribution in [2.45, 2.75) is 50.6 Å². The van der Waals surface area contributed by atoms with Crippen LogP contribution in [-0.2, 0) is 16.1 Å². The largest absolute Gasteiger partial charge is 0.467 e. The molecule has 0 radical (unpaired) electrons. The van der Waals surface area contributed by atoms with Crippen molar-refractivity contribution in [2.75, 3.05) is 7.11 Å². The maximum Gasteiger partial charge on any atom is 0.331 e. The summed E-state index contributed by atoms with van der Waals surface area (Å²) in [7, 11) is 1.37. The molecule has 1 amide bonds. The van der Waals surface area contributed by atoms with E-state index < -0.39 is 5.54 Å². The van der Waals surface area contributed by atoms with Gasteiger partial charge in [-0.15, -0.1) is 0 Å². The summed E-state index contributed by atoms with van der Waals surface area (Å²) in [4.78, 5) is 24.8. The van der Waals surface area contributed by atoms with Crippen molar-refractivity contribution in [2.24, 2.45) is 5.73 Å². The number of methoxy groups -OCH3 is 1.